The Morgan fingerprint density at radius 1 is 1.14 bits per heavy atom. The van der Waals surface area contributed by atoms with E-state index >= 15 is 0 Å². The minimum atomic E-state index is -0.416. The molecule has 2 heterocycles. The standard InChI is InChI=1S/C17H25N3O2/c1-16(2,3)22-15(21)20-11-17(12-20)9-19(10-17)14-7-5-13(18-4)6-8-14/h5-8,18H,9-12H2,1-4H3. The molecule has 1 N–H and O–H groups in total. The van der Waals surface area contributed by atoms with Crippen LogP contribution in [0, 0.1) is 5.41 Å². The van der Waals surface area contributed by atoms with Crippen LogP contribution in [0.1, 0.15) is 20.8 Å². The molecule has 2 aliphatic rings. The Labute approximate surface area is 132 Å². The number of ether oxygens (including phenoxy) is 1. The lowest BCUT2D eigenvalue weighted by Crippen LogP contribution is -2.73. The third-order valence-corrected chi connectivity index (χ3v) is 4.28. The van der Waals surface area contributed by atoms with Gasteiger partial charge in [0.05, 0.1) is 0 Å². The number of nitrogens with zero attached hydrogens (tertiary/aromatic N) is 2. The molecular weight excluding hydrogens is 278 g/mol. The third-order valence-electron chi connectivity index (χ3n) is 4.28. The van der Waals surface area contributed by atoms with Gasteiger partial charge in [0, 0.05) is 50.0 Å². The van der Waals surface area contributed by atoms with Gasteiger partial charge in [-0.1, -0.05) is 0 Å². The zero-order chi connectivity index (χ0) is 16.0. The number of nitrogens with one attached hydrogen (secondary N) is 1. The lowest BCUT2D eigenvalue weighted by Gasteiger charge is -2.60. The molecule has 2 aliphatic heterocycles. The van der Waals surface area contributed by atoms with E-state index in [1.54, 1.807) is 0 Å². The molecule has 0 atom stereocenters. The molecule has 1 amide bonds. The van der Waals surface area contributed by atoms with E-state index in [4.69, 9.17) is 4.74 Å². The molecule has 0 unspecified atom stereocenters. The first kappa shape index (κ1) is 15.0. The van der Waals surface area contributed by atoms with Crippen LogP contribution in [0.15, 0.2) is 24.3 Å². The summed E-state index contributed by atoms with van der Waals surface area (Å²) in [7, 11) is 1.92. The number of carbonyl (C=O) groups excluding carboxylic acids is 1. The van der Waals surface area contributed by atoms with Gasteiger partial charge in [-0.3, -0.25) is 0 Å². The largest absolute Gasteiger partial charge is 0.444 e. The van der Waals surface area contributed by atoms with Gasteiger partial charge < -0.3 is 19.9 Å². The highest BCUT2D eigenvalue weighted by molar-refractivity contribution is 5.70. The maximum Gasteiger partial charge on any atom is 0.410 e. The van der Waals surface area contributed by atoms with Crippen molar-refractivity contribution in [3.8, 4) is 0 Å². The van der Waals surface area contributed by atoms with Crippen LogP contribution in [0.4, 0.5) is 16.2 Å². The maximum absolute atomic E-state index is 12.0. The molecule has 5 heteroatoms. The summed E-state index contributed by atoms with van der Waals surface area (Å²) in [5.41, 5.74) is 2.23. The summed E-state index contributed by atoms with van der Waals surface area (Å²) in [4.78, 5) is 16.2. The average molecular weight is 303 g/mol. The van der Waals surface area contributed by atoms with E-state index in [0.29, 0.717) is 0 Å². The van der Waals surface area contributed by atoms with Crippen LogP contribution in [0.3, 0.4) is 0 Å². The Bertz CT molecular complexity index is 548. The molecule has 0 aromatic heterocycles. The van der Waals surface area contributed by atoms with Gasteiger partial charge in [0.15, 0.2) is 0 Å². The fourth-order valence-electron chi connectivity index (χ4n) is 3.20. The van der Waals surface area contributed by atoms with E-state index in [2.05, 4.69) is 34.5 Å². The molecule has 120 valence electrons. The van der Waals surface area contributed by atoms with Crippen LogP contribution >= 0.6 is 0 Å². The number of carbonyl (C=O) groups is 1. The molecule has 2 saturated heterocycles. The molecule has 0 radical (unpaired) electrons. The van der Waals surface area contributed by atoms with Crippen molar-refractivity contribution in [3.05, 3.63) is 24.3 Å². The Morgan fingerprint density at radius 3 is 2.23 bits per heavy atom. The Morgan fingerprint density at radius 2 is 1.73 bits per heavy atom. The van der Waals surface area contributed by atoms with Crippen LogP contribution in [0.2, 0.25) is 0 Å². The number of amides is 1. The Balaban J connectivity index is 1.49. The second-order valence-electron chi connectivity index (χ2n) is 7.49. The lowest BCUT2D eigenvalue weighted by atomic mass is 9.73. The van der Waals surface area contributed by atoms with Crippen molar-refractivity contribution in [1.29, 1.82) is 0 Å². The van der Waals surface area contributed by atoms with Crippen molar-refractivity contribution in [2.75, 3.05) is 43.4 Å². The molecule has 0 saturated carbocycles. The quantitative estimate of drug-likeness (QED) is 0.912. The number of hydrogen-bond donors (Lipinski definition) is 1. The number of hydrogen-bond acceptors (Lipinski definition) is 4. The van der Waals surface area contributed by atoms with E-state index in [1.807, 2.05) is 32.7 Å². The van der Waals surface area contributed by atoms with Crippen molar-refractivity contribution in [3.63, 3.8) is 0 Å². The Kier molecular flexibility index (Phi) is 3.46. The van der Waals surface area contributed by atoms with E-state index in [9.17, 15) is 4.79 Å². The monoisotopic (exact) mass is 303 g/mol. The fraction of sp³-hybridized carbons (Fsp3) is 0.588. The zero-order valence-electron chi connectivity index (χ0n) is 13.8. The van der Waals surface area contributed by atoms with Crippen LogP contribution in [0.25, 0.3) is 0 Å². The van der Waals surface area contributed by atoms with Crippen LogP contribution in [-0.2, 0) is 4.74 Å². The smallest absolute Gasteiger partial charge is 0.410 e. The first-order valence-electron chi connectivity index (χ1n) is 7.81. The molecule has 1 aromatic carbocycles. The number of benzene rings is 1. The van der Waals surface area contributed by atoms with Gasteiger partial charge >= 0.3 is 6.09 Å². The van der Waals surface area contributed by atoms with Crippen LogP contribution in [0.5, 0.6) is 0 Å². The molecule has 5 nitrogen and oxygen atoms in total. The number of rotatable bonds is 2. The Hall–Kier alpha value is -1.91. The van der Waals surface area contributed by atoms with Gasteiger partial charge in [0.1, 0.15) is 5.60 Å². The SMILES string of the molecule is CNc1ccc(N2CC3(CN(C(=O)OC(C)(C)C)C3)C2)cc1. The summed E-state index contributed by atoms with van der Waals surface area (Å²) < 4.78 is 5.41. The van der Waals surface area contributed by atoms with E-state index in [1.165, 1.54) is 5.69 Å². The molecule has 2 fully saturated rings. The van der Waals surface area contributed by atoms with Gasteiger partial charge in [-0.25, -0.2) is 4.79 Å². The van der Waals surface area contributed by atoms with Gasteiger partial charge in [0.2, 0.25) is 0 Å². The summed E-state index contributed by atoms with van der Waals surface area (Å²) in [6.45, 7) is 9.37. The topological polar surface area (TPSA) is 44.8 Å². The number of anilines is 2. The summed E-state index contributed by atoms with van der Waals surface area (Å²) in [5, 5.41) is 3.13. The second kappa shape index (κ2) is 5.07. The minimum absolute atomic E-state index is 0.185. The normalized spacial score (nSPS) is 19.5. The molecule has 1 spiro atoms. The number of likely N-dealkylation sites (tertiary alicyclic amines) is 1. The predicted molar refractivity (Wildman–Crippen MR) is 88.4 cm³/mol. The van der Waals surface area contributed by atoms with Gasteiger partial charge in [-0.2, -0.15) is 0 Å². The summed E-state index contributed by atoms with van der Waals surface area (Å²) in [6.07, 6.45) is -0.185. The average Bonchev–Trinajstić information content (AvgIpc) is 2.34. The van der Waals surface area contributed by atoms with E-state index < -0.39 is 5.60 Å². The fourth-order valence-corrected chi connectivity index (χ4v) is 3.20. The molecule has 1 aromatic rings. The minimum Gasteiger partial charge on any atom is -0.444 e. The lowest BCUT2D eigenvalue weighted by molar-refractivity contribution is -0.0452. The predicted octanol–water partition coefficient (Wildman–Crippen LogP) is 2.79. The van der Waals surface area contributed by atoms with Crippen LogP contribution in [-0.4, -0.2) is 49.8 Å². The molecular formula is C17H25N3O2. The molecule has 0 aliphatic carbocycles. The van der Waals surface area contributed by atoms with Crippen molar-refractivity contribution in [2.24, 2.45) is 5.41 Å². The first-order chi connectivity index (χ1) is 10.3. The van der Waals surface area contributed by atoms with Gasteiger partial charge in [-0.05, 0) is 45.0 Å². The summed E-state index contributed by atoms with van der Waals surface area (Å²) in [5.74, 6) is 0. The highest BCUT2D eigenvalue weighted by atomic mass is 16.6. The summed E-state index contributed by atoms with van der Waals surface area (Å²) in [6, 6.07) is 8.47. The van der Waals surface area contributed by atoms with Crippen molar-refractivity contribution in [2.45, 2.75) is 26.4 Å². The van der Waals surface area contributed by atoms with Crippen LogP contribution < -0.4 is 10.2 Å². The molecule has 3 rings (SSSR count). The second-order valence-corrected chi connectivity index (χ2v) is 7.49. The maximum atomic E-state index is 12.0. The van der Waals surface area contributed by atoms with E-state index in [-0.39, 0.29) is 11.5 Å². The van der Waals surface area contributed by atoms with Crippen molar-refractivity contribution in [1.82, 2.24) is 4.90 Å². The van der Waals surface area contributed by atoms with Gasteiger partial charge in [0.25, 0.3) is 0 Å². The van der Waals surface area contributed by atoms with Crippen molar-refractivity contribution >= 4 is 17.5 Å². The zero-order valence-corrected chi connectivity index (χ0v) is 13.8. The third kappa shape index (κ3) is 2.85. The highest BCUT2D eigenvalue weighted by Gasteiger charge is 2.54. The van der Waals surface area contributed by atoms with E-state index in [0.717, 1.165) is 31.9 Å². The van der Waals surface area contributed by atoms with Crippen molar-refractivity contribution < 1.29 is 9.53 Å². The molecule has 0 bridgehead atoms. The molecule has 22 heavy (non-hydrogen) atoms. The first-order valence-corrected chi connectivity index (χ1v) is 7.81. The van der Waals surface area contributed by atoms with Gasteiger partial charge in [-0.15, -0.1) is 0 Å². The summed E-state index contributed by atoms with van der Waals surface area (Å²) >= 11 is 0. The highest BCUT2D eigenvalue weighted by Crippen LogP contribution is 2.42.